The van der Waals surface area contributed by atoms with E-state index in [0.717, 1.165) is 38.5 Å². The molecule has 0 N–H and O–H groups in total. The first-order valence-electron chi connectivity index (χ1n) is 11.2. The normalized spacial score (nSPS) is 42.6. The minimum absolute atomic E-state index is 0.0262. The van der Waals surface area contributed by atoms with E-state index in [1.807, 2.05) is 6.92 Å². The van der Waals surface area contributed by atoms with Gasteiger partial charge in [0.05, 0.1) is 0 Å². The quantitative estimate of drug-likeness (QED) is 0.321. The van der Waals surface area contributed by atoms with E-state index in [1.165, 1.54) is 6.92 Å². The number of halogens is 3. The van der Waals surface area contributed by atoms with Gasteiger partial charge >= 0.3 is 21.6 Å². The Labute approximate surface area is 181 Å². The molecule has 3 fully saturated rings. The van der Waals surface area contributed by atoms with Gasteiger partial charge < -0.3 is 8.92 Å². The van der Waals surface area contributed by atoms with E-state index in [4.69, 9.17) is 4.74 Å². The highest BCUT2D eigenvalue weighted by atomic mass is 32.2. The van der Waals surface area contributed by atoms with Crippen LogP contribution >= 0.6 is 0 Å². The van der Waals surface area contributed by atoms with Crippen molar-refractivity contribution in [1.29, 1.82) is 0 Å². The fourth-order valence-electron chi connectivity index (χ4n) is 7.38. The van der Waals surface area contributed by atoms with E-state index in [9.17, 15) is 26.4 Å². The summed E-state index contributed by atoms with van der Waals surface area (Å²) in [6.45, 7) is 5.64. The number of allylic oxidation sites excluding steroid dienone is 2. The van der Waals surface area contributed by atoms with Gasteiger partial charge in [0.1, 0.15) is 11.9 Å². The second kappa shape index (κ2) is 7.39. The van der Waals surface area contributed by atoms with Crippen LogP contribution in [0.3, 0.4) is 0 Å². The Kier molecular flexibility index (Phi) is 5.46. The van der Waals surface area contributed by atoms with Gasteiger partial charge in [-0.15, -0.1) is 0 Å². The van der Waals surface area contributed by atoms with E-state index in [-0.39, 0.29) is 29.2 Å². The molecule has 0 saturated heterocycles. The highest BCUT2D eigenvalue weighted by Crippen LogP contribution is 2.66. The fraction of sp³-hybridized carbons (Fsp3) is 0.864. The molecule has 9 heteroatoms. The third kappa shape index (κ3) is 3.68. The molecule has 4 aliphatic rings. The summed E-state index contributed by atoms with van der Waals surface area (Å²) in [6.07, 6.45) is 8.21. The zero-order valence-corrected chi connectivity index (χ0v) is 19.0. The van der Waals surface area contributed by atoms with E-state index in [0.29, 0.717) is 30.6 Å². The average molecular weight is 465 g/mol. The van der Waals surface area contributed by atoms with Crippen molar-refractivity contribution in [1.82, 2.24) is 0 Å². The van der Waals surface area contributed by atoms with Crippen LogP contribution in [0.4, 0.5) is 13.2 Å². The van der Waals surface area contributed by atoms with Crippen molar-refractivity contribution in [3.8, 4) is 0 Å². The summed E-state index contributed by atoms with van der Waals surface area (Å²) >= 11 is 0. The largest absolute Gasteiger partial charge is 0.534 e. The van der Waals surface area contributed by atoms with Gasteiger partial charge in [0, 0.05) is 12.3 Å². The summed E-state index contributed by atoms with van der Waals surface area (Å²) in [4.78, 5) is 11.4. The number of hydrogen-bond donors (Lipinski definition) is 0. The fourth-order valence-corrected chi connectivity index (χ4v) is 7.97. The van der Waals surface area contributed by atoms with Crippen LogP contribution in [0.2, 0.25) is 0 Å². The third-order valence-corrected chi connectivity index (χ3v) is 9.91. The van der Waals surface area contributed by atoms with E-state index in [2.05, 4.69) is 11.1 Å². The van der Waals surface area contributed by atoms with Crippen LogP contribution in [-0.2, 0) is 23.8 Å². The number of ether oxygens (including phenoxy) is 1. The monoisotopic (exact) mass is 464 g/mol. The van der Waals surface area contributed by atoms with Gasteiger partial charge in [-0.05, 0) is 86.5 Å². The van der Waals surface area contributed by atoms with Crippen LogP contribution in [0, 0.1) is 34.5 Å². The second-order valence-electron chi connectivity index (χ2n) is 10.4. The molecule has 0 aromatic rings. The molecule has 4 rings (SSSR count). The number of carbonyl (C=O) groups is 1. The molecule has 176 valence electrons. The van der Waals surface area contributed by atoms with E-state index in [1.54, 1.807) is 6.08 Å². The van der Waals surface area contributed by atoms with Crippen molar-refractivity contribution in [2.75, 3.05) is 0 Å². The van der Waals surface area contributed by atoms with Gasteiger partial charge in [0.15, 0.2) is 0 Å². The number of hydrogen-bond acceptors (Lipinski definition) is 5. The minimum Gasteiger partial charge on any atom is -0.463 e. The van der Waals surface area contributed by atoms with Gasteiger partial charge in [-0.2, -0.15) is 21.6 Å². The van der Waals surface area contributed by atoms with Crippen LogP contribution < -0.4 is 0 Å². The third-order valence-electron chi connectivity index (χ3n) is 8.94. The molecule has 0 heterocycles. The SMILES string of the molecule is CC(=O)OC1CC[C@@]2(C)[C@@H](CC[C@@H]3[C@@H]2CC[C@]2(C)C(OS(=O)(=O)C(F)(F)F)=CC[C@@H]32)C1. The highest BCUT2D eigenvalue weighted by Gasteiger charge is 2.61. The van der Waals surface area contributed by atoms with Crippen LogP contribution in [0.15, 0.2) is 11.8 Å². The lowest BCUT2D eigenvalue weighted by atomic mass is 9.45. The molecule has 0 radical (unpaired) electrons. The first-order valence-corrected chi connectivity index (χ1v) is 12.6. The maximum absolute atomic E-state index is 12.9. The summed E-state index contributed by atoms with van der Waals surface area (Å²) < 4.78 is 72.0. The molecular weight excluding hydrogens is 433 g/mol. The second-order valence-corrected chi connectivity index (χ2v) is 11.9. The maximum atomic E-state index is 12.9. The topological polar surface area (TPSA) is 69.7 Å². The van der Waals surface area contributed by atoms with Crippen LogP contribution in [0.5, 0.6) is 0 Å². The molecule has 5 nitrogen and oxygen atoms in total. The highest BCUT2D eigenvalue weighted by molar-refractivity contribution is 7.87. The molecule has 7 atom stereocenters. The molecule has 0 aromatic carbocycles. The van der Waals surface area contributed by atoms with Crippen molar-refractivity contribution in [2.24, 2.45) is 34.5 Å². The summed E-state index contributed by atoms with van der Waals surface area (Å²) in [7, 11) is -5.66. The number of esters is 1. The molecule has 0 aliphatic heterocycles. The zero-order valence-electron chi connectivity index (χ0n) is 18.2. The van der Waals surface area contributed by atoms with E-state index >= 15 is 0 Å². The maximum Gasteiger partial charge on any atom is 0.534 e. The smallest absolute Gasteiger partial charge is 0.463 e. The van der Waals surface area contributed by atoms with Crippen molar-refractivity contribution in [2.45, 2.75) is 83.8 Å². The van der Waals surface area contributed by atoms with Crippen molar-refractivity contribution < 1.29 is 35.3 Å². The summed E-state index contributed by atoms with van der Waals surface area (Å²) in [5.74, 6) is 1.06. The number of alkyl halides is 3. The summed E-state index contributed by atoms with van der Waals surface area (Å²) in [5.41, 5.74) is -5.99. The molecule has 4 aliphatic carbocycles. The Morgan fingerprint density at radius 3 is 2.45 bits per heavy atom. The summed E-state index contributed by atoms with van der Waals surface area (Å²) in [5, 5.41) is 0. The predicted molar refractivity (Wildman–Crippen MR) is 107 cm³/mol. The lowest BCUT2D eigenvalue weighted by Crippen LogP contribution is -2.54. The number of rotatable bonds is 3. The summed E-state index contributed by atoms with van der Waals surface area (Å²) in [6, 6.07) is 0. The molecule has 31 heavy (non-hydrogen) atoms. The first kappa shape index (κ1) is 22.9. The van der Waals surface area contributed by atoms with Crippen molar-refractivity contribution in [3.63, 3.8) is 0 Å². The Bertz CT molecular complexity index is 882. The molecule has 0 aromatic heterocycles. The van der Waals surface area contributed by atoms with Crippen LogP contribution in [0.1, 0.15) is 72.1 Å². The Morgan fingerprint density at radius 2 is 1.81 bits per heavy atom. The van der Waals surface area contributed by atoms with Gasteiger partial charge in [-0.25, -0.2) is 0 Å². The molecule has 0 spiro atoms. The minimum atomic E-state index is -5.66. The molecule has 3 saturated carbocycles. The van der Waals surface area contributed by atoms with Crippen molar-refractivity contribution in [3.05, 3.63) is 11.8 Å². The zero-order chi connectivity index (χ0) is 22.8. The lowest BCUT2D eigenvalue weighted by molar-refractivity contribution is -0.159. The first-order chi connectivity index (χ1) is 14.3. The van der Waals surface area contributed by atoms with Gasteiger partial charge in [0.2, 0.25) is 0 Å². The van der Waals surface area contributed by atoms with Gasteiger partial charge in [-0.3, -0.25) is 4.79 Å². The lowest BCUT2D eigenvalue weighted by Gasteiger charge is -2.60. The molecular formula is C22H31F3O5S. The number of carbonyl (C=O) groups excluding carboxylic acids is 1. The Balaban J connectivity index is 1.51. The van der Waals surface area contributed by atoms with E-state index < -0.39 is 21.0 Å². The van der Waals surface area contributed by atoms with Gasteiger partial charge in [-0.1, -0.05) is 13.8 Å². The molecule has 0 amide bonds. The predicted octanol–water partition coefficient (Wildman–Crippen LogP) is 5.32. The Morgan fingerprint density at radius 1 is 1.10 bits per heavy atom. The van der Waals surface area contributed by atoms with Crippen LogP contribution in [0.25, 0.3) is 0 Å². The van der Waals surface area contributed by atoms with Gasteiger partial charge in [0.25, 0.3) is 0 Å². The molecule has 0 bridgehead atoms. The number of fused-ring (bicyclic) bond motifs is 5. The Hall–Kier alpha value is -1.25. The van der Waals surface area contributed by atoms with Crippen molar-refractivity contribution >= 4 is 16.1 Å². The average Bonchev–Trinajstić information content (AvgIpc) is 2.96. The molecule has 1 unspecified atom stereocenters. The van der Waals surface area contributed by atoms with Crippen LogP contribution in [-0.4, -0.2) is 26.0 Å². The standard InChI is InChI=1S/C22H31F3O5S/c1-13(26)29-15-8-10-20(2)14(12-15)4-5-16-17-6-7-19(21(17,3)11-9-18(16)20)30-31(27,28)22(23,24)25/h7,14-18H,4-6,8-12H2,1-3H3/t14-,15?,16-,17-,18-,20-,21-/m0/s1.